The lowest BCUT2D eigenvalue weighted by molar-refractivity contribution is 0.626. The lowest BCUT2D eigenvalue weighted by Crippen LogP contribution is -1.89. The summed E-state index contributed by atoms with van der Waals surface area (Å²) in [6.45, 7) is 1.76. The van der Waals surface area contributed by atoms with E-state index in [1.165, 1.54) is 12.1 Å². The Balaban J connectivity index is 3.16. The van der Waals surface area contributed by atoms with E-state index in [0.717, 1.165) is 11.1 Å². The Morgan fingerprint density at radius 3 is 2.83 bits per heavy atom. The summed E-state index contributed by atoms with van der Waals surface area (Å²) >= 11 is 5.54. The molecule has 0 bridgehead atoms. The average Bonchev–Trinajstić information content (AvgIpc) is 2.01. The number of halogens is 2. The standard InChI is InChI=1S/C9H7ClFN/c1-6-4-9(11)8(10)5-7(6)2-3-12/h4-5H,2H2,1H3. The van der Waals surface area contributed by atoms with E-state index in [-0.39, 0.29) is 11.4 Å². The minimum absolute atomic E-state index is 0.0749. The van der Waals surface area contributed by atoms with Crippen LogP contribution in [0.3, 0.4) is 0 Å². The molecule has 1 aromatic carbocycles. The van der Waals surface area contributed by atoms with Crippen molar-refractivity contribution in [2.24, 2.45) is 0 Å². The van der Waals surface area contributed by atoms with Crippen LogP contribution in [0.1, 0.15) is 11.1 Å². The highest BCUT2D eigenvalue weighted by molar-refractivity contribution is 6.30. The molecule has 0 aromatic heterocycles. The van der Waals surface area contributed by atoms with Gasteiger partial charge in [-0.2, -0.15) is 5.26 Å². The summed E-state index contributed by atoms with van der Waals surface area (Å²) in [4.78, 5) is 0. The first-order valence-electron chi connectivity index (χ1n) is 3.46. The first-order chi connectivity index (χ1) is 5.65. The van der Waals surface area contributed by atoms with Gasteiger partial charge in [-0.3, -0.25) is 0 Å². The maximum absolute atomic E-state index is 12.8. The molecule has 1 rings (SSSR count). The van der Waals surface area contributed by atoms with Crippen LogP contribution < -0.4 is 0 Å². The molecular weight excluding hydrogens is 177 g/mol. The quantitative estimate of drug-likeness (QED) is 0.657. The van der Waals surface area contributed by atoms with Crippen LogP contribution in [0.4, 0.5) is 4.39 Å². The topological polar surface area (TPSA) is 23.8 Å². The van der Waals surface area contributed by atoms with Crippen LogP contribution in [0.2, 0.25) is 5.02 Å². The predicted molar refractivity (Wildman–Crippen MR) is 45.5 cm³/mol. The Hall–Kier alpha value is -1.07. The van der Waals surface area contributed by atoms with Crippen LogP contribution in [0.15, 0.2) is 12.1 Å². The van der Waals surface area contributed by atoms with Crippen molar-refractivity contribution in [3.8, 4) is 6.07 Å². The van der Waals surface area contributed by atoms with E-state index in [0.29, 0.717) is 0 Å². The van der Waals surface area contributed by atoms with Crippen LogP contribution in [0.25, 0.3) is 0 Å². The Kier molecular flexibility index (Phi) is 2.67. The van der Waals surface area contributed by atoms with Crippen molar-refractivity contribution >= 4 is 11.6 Å². The van der Waals surface area contributed by atoms with Gasteiger partial charge in [0.2, 0.25) is 0 Å². The zero-order chi connectivity index (χ0) is 9.14. The molecule has 0 saturated carbocycles. The monoisotopic (exact) mass is 183 g/mol. The van der Waals surface area contributed by atoms with Gasteiger partial charge in [0.05, 0.1) is 17.5 Å². The highest BCUT2D eigenvalue weighted by Crippen LogP contribution is 2.19. The van der Waals surface area contributed by atoms with Crippen molar-refractivity contribution in [3.05, 3.63) is 34.1 Å². The molecule has 0 heterocycles. The van der Waals surface area contributed by atoms with Gasteiger partial charge in [-0.1, -0.05) is 11.6 Å². The molecule has 3 heteroatoms. The van der Waals surface area contributed by atoms with Gasteiger partial charge in [-0.05, 0) is 30.2 Å². The highest BCUT2D eigenvalue weighted by atomic mass is 35.5. The molecule has 12 heavy (non-hydrogen) atoms. The van der Waals surface area contributed by atoms with Gasteiger partial charge in [0.1, 0.15) is 5.82 Å². The van der Waals surface area contributed by atoms with E-state index in [4.69, 9.17) is 16.9 Å². The third-order valence-electron chi connectivity index (χ3n) is 1.65. The normalized spacial score (nSPS) is 9.50. The Bertz CT molecular complexity index is 341. The summed E-state index contributed by atoms with van der Waals surface area (Å²) in [5.41, 5.74) is 1.54. The van der Waals surface area contributed by atoms with E-state index in [2.05, 4.69) is 0 Å². The van der Waals surface area contributed by atoms with Gasteiger partial charge in [0.15, 0.2) is 0 Å². The maximum atomic E-state index is 12.8. The van der Waals surface area contributed by atoms with Crippen molar-refractivity contribution in [2.75, 3.05) is 0 Å². The van der Waals surface area contributed by atoms with E-state index >= 15 is 0 Å². The van der Waals surface area contributed by atoms with E-state index in [1.807, 2.05) is 6.07 Å². The lowest BCUT2D eigenvalue weighted by Gasteiger charge is -2.02. The van der Waals surface area contributed by atoms with Crippen LogP contribution >= 0.6 is 11.6 Å². The molecule has 1 aromatic rings. The molecule has 0 N–H and O–H groups in total. The van der Waals surface area contributed by atoms with E-state index in [1.54, 1.807) is 6.92 Å². The molecule has 0 aliphatic carbocycles. The zero-order valence-corrected chi connectivity index (χ0v) is 7.32. The summed E-state index contributed by atoms with van der Waals surface area (Å²) in [6.07, 6.45) is 0.270. The lowest BCUT2D eigenvalue weighted by atomic mass is 10.1. The average molecular weight is 184 g/mol. The molecule has 0 unspecified atom stereocenters. The van der Waals surface area contributed by atoms with Gasteiger partial charge < -0.3 is 0 Å². The first-order valence-corrected chi connectivity index (χ1v) is 3.84. The minimum atomic E-state index is -0.434. The first kappa shape index (κ1) is 9.02. The number of hydrogen-bond donors (Lipinski definition) is 0. The molecule has 0 atom stereocenters. The van der Waals surface area contributed by atoms with Crippen molar-refractivity contribution < 1.29 is 4.39 Å². The number of rotatable bonds is 1. The Morgan fingerprint density at radius 1 is 1.58 bits per heavy atom. The molecule has 0 radical (unpaired) electrons. The molecule has 62 valence electrons. The number of benzene rings is 1. The highest BCUT2D eigenvalue weighted by Gasteiger charge is 2.04. The van der Waals surface area contributed by atoms with Gasteiger partial charge in [-0.15, -0.1) is 0 Å². The third-order valence-corrected chi connectivity index (χ3v) is 1.94. The van der Waals surface area contributed by atoms with Crippen LogP contribution in [0.5, 0.6) is 0 Å². The fourth-order valence-corrected chi connectivity index (χ4v) is 1.15. The van der Waals surface area contributed by atoms with E-state index in [9.17, 15) is 4.39 Å². The smallest absolute Gasteiger partial charge is 0.142 e. The van der Waals surface area contributed by atoms with Crippen LogP contribution in [-0.4, -0.2) is 0 Å². The molecule has 0 spiro atoms. The molecule has 1 nitrogen and oxygen atoms in total. The number of hydrogen-bond acceptors (Lipinski definition) is 1. The Morgan fingerprint density at radius 2 is 2.25 bits per heavy atom. The second kappa shape index (κ2) is 3.55. The number of aryl methyl sites for hydroxylation is 1. The molecule has 0 aliphatic heterocycles. The van der Waals surface area contributed by atoms with Crippen molar-refractivity contribution in [2.45, 2.75) is 13.3 Å². The van der Waals surface area contributed by atoms with Gasteiger partial charge in [0, 0.05) is 0 Å². The summed E-state index contributed by atoms with van der Waals surface area (Å²) < 4.78 is 12.8. The molecule has 0 amide bonds. The molecule has 0 fully saturated rings. The minimum Gasteiger partial charge on any atom is -0.205 e. The third kappa shape index (κ3) is 1.75. The summed E-state index contributed by atoms with van der Waals surface area (Å²) in [7, 11) is 0. The summed E-state index contributed by atoms with van der Waals surface area (Å²) in [5, 5.41) is 8.49. The van der Waals surface area contributed by atoms with Gasteiger partial charge in [0.25, 0.3) is 0 Å². The van der Waals surface area contributed by atoms with Gasteiger partial charge in [-0.25, -0.2) is 4.39 Å². The predicted octanol–water partition coefficient (Wildman–Crippen LogP) is 2.85. The number of nitrogens with zero attached hydrogens (tertiary/aromatic N) is 1. The van der Waals surface area contributed by atoms with E-state index < -0.39 is 5.82 Å². The fourth-order valence-electron chi connectivity index (χ4n) is 0.963. The SMILES string of the molecule is Cc1cc(F)c(Cl)cc1CC#N. The van der Waals surface area contributed by atoms with Crippen LogP contribution in [0, 0.1) is 24.1 Å². The summed E-state index contributed by atoms with van der Waals surface area (Å²) in [5.74, 6) is -0.434. The second-order valence-corrected chi connectivity index (χ2v) is 2.93. The van der Waals surface area contributed by atoms with Crippen molar-refractivity contribution in [1.29, 1.82) is 5.26 Å². The summed E-state index contributed by atoms with van der Waals surface area (Å²) in [6, 6.07) is 4.83. The number of nitriles is 1. The van der Waals surface area contributed by atoms with Gasteiger partial charge >= 0.3 is 0 Å². The maximum Gasteiger partial charge on any atom is 0.142 e. The van der Waals surface area contributed by atoms with Crippen molar-refractivity contribution in [3.63, 3.8) is 0 Å². The second-order valence-electron chi connectivity index (χ2n) is 2.53. The fraction of sp³-hybridized carbons (Fsp3) is 0.222. The largest absolute Gasteiger partial charge is 0.205 e. The zero-order valence-electron chi connectivity index (χ0n) is 6.56. The van der Waals surface area contributed by atoms with Crippen molar-refractivity contribution in [1.82, 2.24) is 0 Å². The molecule has 0 saturated heterocycles. The Labute approximate surface area is 75.4 Å². The molecular formula is C9H7ClFN. The van der Waals surface area contributed by atoms with Crippen LogP contribution in [-0.2, 0) is 6.42 Å². The molecule has 0 aliphatic rings.